The summed E-state index contributed by atoms with van der Waals surface area (Å²) >= 11 is 0. The van der Waals surface area contributed by atoms with Crippen LogP contribution >= 0.6 is 0 Å². The fraction of sp³-hybridized carbons (Fsp3) is 0.500. The van der Waals surface area contributed by atoms with E-state index in [0.29, 0.717) is 43.2 Å². The molecule has 1 aromatic carbocycles. The molecule has 1 aromatic heterocycles. The summed E-state index contributed by atoms with van der Waals surface area (Å²) < 4.78 is 6.16. The van der Waals surface area contributed by atoms with Crippen LogP contribution in [-0.4, -0.2) is 58.6 Å². The predicted octanol–water partition coefficient (Wildman–Crippen LogP) is 3.12. The van der Waals surface area contributed by atoms with E-state index in [-0.39, 0.29) is 23.8 Å². The van der Waals surface area contributed by atoms with Crippen LogP contribution in [-0.2, 0) is 4.79 Å². The van der Waals surface area contributed by atoms with E-state index >= 15 is 0 Å². The van der Waals surface area contributed by atoms with Gasteiger partial charge in [0.15, 0.2) is 0 Å². The molecular weight excluding hydrogens is 418 g/mol. The molecule has 7 heteroatoms. The summed E-state index contributed by atoms with van der Waals surface area (Å²) in [6.07, 6.45) is 1.98. The lowest BCUT2D eigenvalue weighted by Crippen LogP contribution is -2.42. The van der Waals surface area contributed by atoms with Crippen molar-refractivity contribution in [2.45, 2.75) is 51.7 Å². The first-order chi connectivity index (χ1) is 15.9. The molecule has 1 N–H and O–H groups in total. The zero-order valence-corrected chi connectivity index (χ0v) is 19.2. The van der Waals surface area contributed by atoms with Gasteiger partial charge in [-0.1, -0.05) is 0 Å². The molecule has 3 fully saturated rings. The lowest BCUT2D eigenvalue weighted by Gasteiger charge is -2.35. The number of nitrogens with zero attached hydrogens (tertiary/aromatic N) is 3. The van der Waals surface area contributed by atoms with Crippen molar-refractivity contribution in [1.29, 1.82) is 0 Å². The summed E-state index contributed by atoms with van der Waals surface area (Å²) in [5.74, 6) is 1.45. The second-order valence-electron chi connectivity index (χ2n) is 9.66. The molecule has 2 aromatic rings. The molecule has 4 atom stereocenters. The van der Waals surface area contributed by atoms with Crippen molar-refractivity contribution in [2.75, 3.05) is 24.5 Å². The molecule has 0 radical (unpaired) electrons. The number of benzene rings is 1. The van der Waals surface area contributed by atoms with Gasteiger partial charge in [0, 0.05) is 43.0 Å². The Morgan fingerprint density at radius 3 is 2.45 bits per heavy atom. The Kier molecular flexibility index (Phi) is 5.83. The summed E-state index contributed by atoms with van der Waals surface area (Å²) in [6, 6.07) is 11.2. The monoisotopic (exact) mass is 449 g/mol. The molecule has 1 saturated carbocycles. The van der Waals surface area contributed by atoms with Crippen molar-refractivity contribution in [2.24, 2.45) is 11.8 Å². The lowest BCUT2D eigenvalue weighted by molar-refractivity contribution is -0.117. The van der Waals surface area contributed by atoms with Crippen LogP contribution in [0.2, 0.25) is 0 Å². The van der Waals surface area contributed by atoms with Gasteiger partial charge >= 0.3 is 0 Å². The molecule has 174 valence electrons. The first kappa shape index (κ1) is 21.9. The normalized spacial score (nSPS) is 27.1. The van der Waals surface area contributed by atoms with Crippen LogP contribution in [0.1, 0.15) is 47.4 Å². The third-order valence-corrected chi connectivity index (χ3v) is 7.33. The Labute approximate surface area is 194 Å². The first-order valence-corrected chi connectivity index (χ1v) is 11.9. The molecule has 7 nitrogen and oxygen atoms in total. The van der Waals surface area contributed by atoms with Gasteiger partial charge in [-0.15, -0.1) is 0 Å². The highest BCUT2D eigenvalue weighted by atomic mass is 16.5. The minimum absolute atomic E-state index is 0.00855. The maximum atomic E-state index is 13.2. The molecule has 2 amide bonds. The van der Waals surface area contributed by atoms with Crippen molar-refractivity contribution in [3.63, 3.8) is 0 Å². The molecule has 3 aliphatic rings. The number of hydrogen-bond donors (Lipinski definition) is 1. The van der Waals surface area contributed by atoms with E-state index in [1.54, 1.807) is 4.90 Å². The minimum atomic E-state index is -0.556. The van der Waals surface area contributed by atoms with Crippen molar-refractivity contribution < 1.29 is 19.4 Å². The van der Waals surface area contributed by atoms with Crippen molar-refractivity contribution >= 4 is 17.5 Å². The number of fused-ring (bicyclic) bond motifs is 1. The quantitative estimate of drug-likeness (QED) is 0.776. The van der Waals surface area contributed by atoms with Crippen LogP contribution in [0.5, 0.6) is 5.75 Å². The fourth-order valence-corrected chi connectivity index (χ4v) is 5.53. The van der Waals surface area contributed by atoms with Crippen molar-refractivity contribution in [1.82, 2.24) is 9.88 Å². The van der Waals surface area contributed by atoms with Crippen LogP contribution in [0.4, 0.5) is 5.69 Å². The third kappa shape index (κ3) is 4.34. The number of aryl methyl sites for hydroxylation is 2. The van der Waals surface area contributed by atoms with Gasteiger partial charge in [-0.3, -0.25) is 14.6 Å². The molecule has 5 rings (SSSR count). The highest BCUT2D eigenvalue weighted by molar-refractivity contribution is 5.97. The number of carbonyl (C=O) groups is 2. The number of aliphatic hydroxyl groups excluding tert-OH is 1. The lowest BCUT2D eigenvalue weighted by atomic mass is 9.78. The average molecular weight is 450 g/mol. The number of pyridine rings is 1. The number of hydrogen-bond acceptors (Lipinski definition) is 5. The smallest absolute Gasteiger partial charge is 0.253 e. The van der Waals surface area contributed by atoms with Crippen molar-refractivity contribution in [3.8, 4) is 5.75 Å². The number of aliphatic hydroxyl groups is 1. The molecule has 1 aliphatic carbocycles. The number of ether oxygens (including phenoxy) is 1. The van der Waals surface area contributed by atoms with Gasteiger partial charge in [-0.2, -0.15) is 0 Å². The zero-order chi connectivity index (χ0) is 23.1. The van der Waals surface area contributed by atoms with Gasteiger partial charge in [0.05, 0.1) is 11.8 Å². The summed E-state index contributed by atoms with van der Waals surface area (Å²) in [4.78, 5) is 33.3. The summed E-state index contributed by atoms with van der Waals surface area (Å²) in [7, 11) is 0. The number of anilines is 1. The van der Waals surface area contributed by atoms with Gasteiger partial charge in [0.25, 0.3) is 5.91 Å². The molecule has 33 heavy (non-hydrogen) atoms. The second kappa shape index (κ2) is 8.78. The largest absolute Gasteiger partial charge is 0.486 e. The number of amides is 2. The van der Waals surface area contributed by atoms with Gasteiger partial charge in [-0.05, 0) is 81.3 Å². The van der Waals surface area contributed by atoms with Gasteiger partial charge in [0.1, 0.15) is 11.9 Å². The zero-order valence-electron chi connectivity index (χ0n) is 19.2. The van der Waals surface area contributed by atoms with Crippen molar-refractivity contribution in [3.05, 3.63) is 53.3 Å². The Bertz CT molecular complexity index is 1050. The number of rotatable bonds is 4. The topological polar surface area (TPSA) is 83.0 Å². The minimum Gasteiger partial charge on any atom is -0.486 e. The summed E-state index contributed by atoms with van der Waals surface area (Å²) in [6.45, 7) is 5.94. The van der Waals surface area contributed by atoms with E-state index in [2.05, 4.69) is 4.98 Å². The number of aromatic nitrogens is 1. The van der Waals surface area contributed by atoms with E-state index in [4.69, 9.17) is 4.74 Å². The van der Waals surface area contributed by atoms with Crippen LogP contribution < -0.4 is 9.64 Å². The Balaban J connectivity index is 1.23. The van der Waals surface area contributed by atoms with Crippen LogP contribution in [0.25, 0.3) is 0 Å². The fourth-order valence-electron chi connectivity index (χ4n) is 5.53. The molecule has 0 unspecified atom stereocenters. The number of carbonyl (C=O) groups excluding carboxylic acids is 2. The molecular formula is C26H31N3O4. The van der Waals surface area contributed by atoms with E-state index in [0.717, 1.165) is 36.5 Å². The highest BCUT2D eigenvalue weighted by Gasteiger charge is 2.44. The van der Waals surface area contributed by atoms with Crippen LogP contribution in [0.3, 0.4) is 0 Å². The predicted molar refractivity (Wildman–Crippen MR) is 124 cm³/mol. The molecule has 2 saturated heterocycles. The molecule has 2 aliphatic heterocycles. The molecule has 0 spiro atoms. The van der Waals surface area contributed by atoms with Gasteiger partial charge in [-0.25, -0.2) is 0 Å². The van der Waals surface area contributed by atoms with Crippen LogP contribution in [0, 0.1) is 25.7 Å². The Morgan fingerprint density at radius 1 is 1.06 bits per heavy atom. The van der Waals surface area contributed by atoms with Gasteiger partial charge < -0.3 is 19.6 Å². The Hall–Kier alpha value is -2.93. The maximum absolute atomic E-state index is 13.2. The van der Waals surface area contributed by atoms with E-state index in [1.165, 1.54) is 0 Å². The third-order valence-electron chi connectivity index (χ3n) is 7.33. The summed E-state index contributed by atoms with van der Waals surface area (Å²) in [5.41, 5.74) is 3.26. The summed E-state index contributed by atoms with van der Waals surface area (Å²) in [5, 5.41) is 10.7. The van der Waals surface area contributed by atoms with E-state index in [9.17, 15) is 14.7 Å². The number of likely N-dealkylation sites (tertiary alicyclic amines) is 1. The van der Waals surface area contributed by atoms with E-state index < -0.39 is 6.10 Å². The average Bonchev–Trinajstić information content (AvgIpc) is 3.41. The van der Waals surface area contributed by atoms with Crippen LogP contribution in [0.15, 0.2) is 36.4 Å². The standard InChI is InChI=1S/C26H31N3O4/c1-16-5-10-23(17(2)27-16)33-24-13-20-15-28(14-19(20)12-22(24)30)26(32)18-6-8-21(9-7-18)29-11-3-4-25(29)31/h5-10,19-20,22,24,30H,3-4,11-15H2,1-2H3/t19-,20+,22+,24+/m0/s1. The van der Waals surface area contributed by atoms with E-state index in [1.807, 2.05) is 55.1 Å². The second-order valence-corrected chi connectivity index (χ2v) is 9.66. The maximum Gasteiger partial charge on any atom is 0.253 e. The highest BCUT2D eigenvalue weighted by Crippen LogP contribution is 2.39. The molecule has 0 bridgehead atoms. The Morgan fingerprint density at radius 2 is 1.79 bits per heavy atom. The SMILES string of the molecule is Cc1ccc(O[C@@H]2C[C@@H]3CN(C(=O)c4ccc(N5CCCC5=O)cc4)C[C@@H]3C[C@H]2O)c(C)n1. The first-order valence-electron chi connectivity index (χ1n) is 11.9. The molecule has 3 heterocycles. The van der Waals surface area contributed by atoms with Gasteiger partial charge in [0.2, 0.25) is 5.91 Å².